The highest BCUT2D eigenvalue weighted by Crippen LogP contribution is 1.89. The Hall–Kier alpha value is -1.10. The SMILES string of the molecule is CN(C)C(=O)c1nc[nH]n1.Cl. The molecule has 0 unspecified atom stereocenters. The monoisotopic (exact) mass is 176 g/mol. The number of aromatic nitrogens is 3. The molecule has 1 amide bonds. The van der Waals surface area contributed by atoms with Gasteiger partial charge >= 0.3 is 0 Å². The highest BCUT2D eigenvalue weighted by atomic mass is 35.5. The first-order valence-corrected chi connectivity index (χ1v) is 2.79. The Morgan fingerprint density at radius 3 is 2.64 bits per heavy atom. The summed E-state index contributed by atoms with van der Waals surface area (Å²) in [6.07, 6.45) is 1.37. The molecule has 6 heteroatoms. The van der Waals surface area contributed by atoms with Crippen molar-refractivity contribution in [2.45, 2.75) is 0 Å². The molecule has 1 heterocycles. The van der Waals surface area contributed by atoms with Gasteiger partial charge < -0.3 is 4.90 Å². The van der Waals surface area contributed by atoms with Crippen molar-refractivity contribution in [2.24, 2.45) is 0 Å². The summed E-state index contributed by atoms with van der Waals surface area (Å²) in [4.78, 5) is 16.1. The number of hydrogen-bond acceptors (Lipinski definition) is 3. The minimum atomic E-state index is -0.193. The summed E-state index contributed by atoms with van der Waals surface area (Å²) in [5.41, 5.74) is 0. The zero-order valence-electron chi connectivity index (χ0n) is 6.24. The zero-order valence-corrected chi connectivity index (χ0v) is 7.05. The number of aromatic amines is 1. The molecule has 0 aliphatic heterocycles. The number of carbonyl (C=O) groups excluding carboxylic acids is 1. The summed E-state index contributed by atoms with van der Waals surface area (Å²) < 4.78 is 0. The molecule has 0 radical (unpaired) electrons. The predicted molar refractivity (Wildman–Crippen MR) is 41.6 cm³/mol. The van der Waals surface area contributed by atoms with E-state index in [1.807, 2.05) is 0 Å². The van der Waals surface area contributed by atoms with Gasteiger partial charge in [0.15, 0.2) is 0 Å². The maximum Gasteiger partial charge on any atom is 0.292 e. The molecule has 1 rings (SSSR count). The van der Waals surface area contributed by atoms with Crippen LogP contribution in [0, 0.1) is 0 Å². The van der Waals surface area contributed by atoms with E-state index in [2.05, 4.69) is 15.2 Å². The Kier molecular flexibility index (Phi) is 3.53. The maximum atomic E-state index is 11.0. The summed E-state index contributed by atoms with van der Waals surface area (Å²) in [6, 6.07) is 0. The van der Waals surface area contributed by atoms with Crippen LogP contribution >= 0.6 is 12.4 Å². The second-order valence-corrected chi connectivity index (χ2v) is 2.02. The third kappa shape index (κ3) is 2.19. The van der Waals surface area contributed by atoms with Gasteiger partial charge in [0, 0.05) is 14.1 Å². The summed E-state index contributed by atoms with van der Waals surface area (Å²) >= 11 is 0. The van der Waals surface area contributed by atoms with Crippen LogP contribution in [0.5, 0.6) is 0 Å². The molecule has 1 aromatic heterocycles. The fraction of sp³-hybridized carbons (Fsp3) is 0.400. The molecule has 1 N–H and O–H groups in total. The first-order chi connectivity index (χ1) is 4.72. The van der Waals surface area contributed by atoms with Crippen LogP contribution in [0.1, 0.15) is 10.6 Å². The number of rotatable bonds is 1. The average molecular weight is 177 g/mol. The second-order valence-electron chi connectivity index (χ2n) is 2.02. The molecule has 5 nitrogen and oxygen atoms in total. The number of H-pyrrole nitrogens is 1. The van der Waals surface area contributed by atoms with Crippen LogP contribution < -0.4 is 0 Å². The summed E-state index contributed by atoms with van der Waals surface area (Å²) in [5.74, 6) is 0.00579. The Morgan fingerprint density at radius 2 is 2.27 bits per heavy atom. The molecule has 0 bridgehead atoms. The number of carbonyl (C=O) groups is 1. The molecule has 0 fully saturated rings. The Bertz CT molecular complexity index is 220. The number of amides is 1. The zero-order chi connectivity index (χ0) is 7.56. The van der Waals surface area contributed by atoms with Crippen LogP contribution in [0.25, 0.3) is 0 Å². The smallest absolute Gasteiger partial charge is 0.292 e. The largest absolute Gasteiger partial charge is 0.342 e. The van der Waals surface area contributed by atoms with E-state index in [9.17, 15) is 4.79 Å². The number of nitrogens with one attached hydrogen (secondary N) is 1. The van der Waals surface area contributed by atoms with E-state index in [-0.39, 0.29) is 24.1 Å². The molecule has 1 aromatic rings. The van der Waals surface area contributed by atoms with Gasteiger partial charge in [0.1, 0.15) is 6.33 Å². The molecule has 11 heavy (non-hydrogen) atoms. The maximum absolute atomic E-state index is 11.0. The highest BCUT2D eigenvalue weighted by Gasteiger charge is 2.10. The van der Waals surface area contributed by atoms with Crippen molar-refractivity contribution in [3.05, 3.63) is 12.2 Å². The van der Waals surface area contributed by atoms with Crippen molar-refractivity contribution in [1.82, 2.24) is 20.1 Å². The lowest BCUT2D eigenvalue weighted by Crippen LogP contribution is -2.22. The van der Waals surface area contributed by atoms with E-state index in [1.54, 1.807) is 14.1 Å². The fourth-order valence-electron chi connectivity index (χ4n) is 0.512. The minimum absolute atomic E-state index is 0. The first-order valence-electron chi connectivity index (χ1n) is 2.79. The summed E-state index contributed by atoms with van der Waals surface area (Å²) in [5, 5.41) is 6.07. The van der Waals surface area contributed by atoms with E-state index >= 15 is 0 Å². The fourth-order valence-corrected chi connectivity index (χ4v) is 0.512. The standard InChI is InChI=1S/C5H8N4O.ClH/c1-9(2)5(10)4-6-3-7-8-4;/h3H,1-2H3,(H,6,7,8);1H. The van der Waals surface area contributed by atoms with Crippen LogP contribution in [0.2, 0.25) is 0 Å². The number of nitrogens with zero attached hydrogens (tertiary/aromatic N) is 3. The molecule has 0 aliphatic rings. The van der Waals surface area contributed by atoms with Gasteiger partial charge in [0.25, 0.3) is 5.91 Å². The van der Waals surface area contributed by atoms with Gasteiger partial charge in [-0.1, -0.05) is 0 Å². The van der Waals surface area contributed by atoms with Gasteiger partial charge in [0.05, 0.1) is 0 Å². The van der Waals surface area contributed by atoms with Crippen molar-refractivity contribution in [1.29, 1.82) is 0 Å². The lowest BCUT2D eigenvalue weighted by atomic mass is 10.5. The van der Waals surface area contributed by atoms with Crippen LogP contribution in [-0.4, -0.2) is 40.1 Å². The van der Waals surface area contributed by atoms with Crippen LogP contribution in [0.15, 0.2) is 6.33 Å². The van der Waals surface area contributed by atoms with E-state index < -0.39 is 0 Å². The van der Waals surface area contributed by atoms with Crippen molar-refractivity contribution < 1.29 is 4.79 Å². The predicted octanol–water partition coefficient (Wildman–Crippen LogP) is -0.0717. The molecule has 0 saturated carbocycles. The van der Waals surface area contributed by atoms with Crippen molar-refractivity contribution in [3.8, 4) is 0 Å². The van der Waals surface area contributed by atoms with Crippen molar-refractivity contribution in [2.75, 3.05) is 14.1 Å². The van der Waals surface area contributed by atoms with Gasteiger partial charge in [-0.3, -0.25) is 9.89 Å². The van der Waals surface area contributed by atoms with E-state index in [0.29, 0.717) is 0 Å². The molecule has 0 spiro atoms. The van der Waals surface area contributed by atoms with Crippen LogP contribution in [-0.2, 0) is 0 Å². The average Bonchev–Trinajstić information content (AvgIpc) is 2.36. The number of halogens is 1. The minimum Gasteiger partial charge on any atom is -0.342 e. The van der Waals surface area contributed by atoms with E-state index in [1.165, 1.54) is 11.2 Å². The molecule has 0 saturated heterocycles. The van der Waals surface area contributed by atoms with E-state index in [4.69, 9.17) is 0 Å². The quantitative estimate of drug-likeness (QED) is 0.652. The van der Waals surface area contributed by atoms with Gasteiger partial charge in [-0.25, -0.2) is 4.98 Å². The van der Waals surface area contributed by atoms with Gasteiger partial charge in [-0.05, 0) is 0 Å². The lowest BCUT2D eigenvalue weighted by Gasteiger charge is -2.04. The molecular weight excluding hydrogens is 168 g/mol. The Balaban J connectivity index is 0.000001000. The van der Waals surface area contributed by atoms with E-state index in [0.717, 1.165) is 0 Å². The van der Waals surface area contributed by atoms with Crippen LogP contribution in [0.3, 0.4) is 0 Å². The third-order valence-electron chi connectivity index (χ3n) is 1.01. The molecule has 62 valence electrons. The third-order valence-corrected chi connectivity index (χ3v) is 1.01. The molecular formula is C5H9ClN4O. The highest BCUT2D eigenvalue weighted by molar-refractivity contribution is 5.89. The van der Waals surface area contributed by atoms with Crippen molar-refractivity contribution in [3.63, 3.8) is 0 Å². The normalized spacial score (nSPS) is 8.55. The summed E-state index contributed by atoms with van der Waals surface area (Å²) in [7, 11) is 3.30. The first kappa shape index (κ1) is 9.90. The molecule has 0 aliphatic carbocycles. The Morgan fingerprint density at radius 1 is 1.64 bits per heavy atom. The van der Waals surface area contributed by atoms with Crippen molar-refractivity contribution >= 4 is 18.3 Å². The van der Waals surface area contributed by atoms with Gasteiger partial charge in [-0.15, -0.1) is 17.5 Å². The lowest BCUT2D eigenvalue weighted by molar-refractivity contribution is 0.0816. The second kappa shape index (κ2) is 3.92. The van der Waals surface area contributed by atoms with Gasteiger partial charge in [0.2, 0.25) is 5.82 Å². The Labute approximate surface area is 70.2 Å². The van der Waals surface area contributed by atoms with Gasteiger partial charge in [-0.2, -0.15) is 0 Å². The van der Waals surface area contributed by atoms with Crippen LogP contribution in [0.4, 0.5) is 0 Å². The molecule has 0 atom stereocenters. The number of hydrogen-bond donors (Lipinski definition) is 1. The summed E-state index contributed by atoms with van der Waals surface area (Å²) in [6.45, 7) is 0. The molecule has 0 aromatic carbocycles. The topological polar surface area (TPSA) is 61.9 Å².